The quantitative estimate of drug-likeness (QED) is 0.383. The minimum absolute atomic E-state index is 0.0945. The van der Waals surface area contributed by atoms with Gasteiger partial charge in [0.05, 0.1) is 25.1 Å². The van der Waals surface area contributed by atoms with Crippen molar-refractivity contribution in [2.45, 2.75) is 12.3 Å². The number of nitrogens with one attached hydrogen (secondary N) is 1. The van der Waals surface area contributed by atoms with Crippen LogP contribution in [0.25, 0.3) is 0 Å². The van der Waals surface area contributed by atoms with Crippen LogP contribution in [-0.2, 0) is 13.5 Å². The van der Waals surface area contributed by atoms with Crippen LogP contribution < -0.4 is 10.1 Å². The van der Waals surface area contributed by atoms with Crippen molar-refractivity contribution >= 4 is 11.6 Å². The van der Waals surface area contributed by atoms with E-state index >= 15 is 0 Å². The number of para-hydroxylation sites is 1. The number of ether oxygens (including phenoxy) is 1. The van der Waals surface area contributed by atoms with Crippen LogP contribution in [0.1, 0.15) is 38.7 Å². The van der Waals surface area contributed by atoms with Crippen LogP contribution in [0.4, 0.5) is 5.69 Å². The van der Waals surface area contributed by atoms with Crippen LogP contribution in [0.3, 0.4) is 0 Å². The zero-order valence-corrected chi connectivity index (χ0v) is 19.4. The summed E-state index contributed by atoms with van der Waals surface area (Å²) in [6.45, 7) is 0.236. The van der Waals surface area contributed by atoms with Gasteiger partial charge in [0.1, 0.15) is 11.8 Å². The number of aryl methyl sites for hydroxylation is 1. The van der Waals surface area contributed by atoms with Crippen molar-refractivity contribution in [3.8, 4) is 11.8 Å². The molecular formula is C28H26N4O3. The summed E-state index contributed by atoms with van der Waals surface area (Å²) >= 11 is 0. The van der Waals surface area contributed by atoms with E-state index in [0.29, 0.717) is 29.9 Å². The van der Waals surface area contributed by atoms with Crippen LogP contribution >= 0.6 is 0 Å². The van der Waals surface area contributed by atoms with Crippen molar-refractivity contribution in [3.63, 3.8) is 0 Å². The van der Waals surface area contributed by atoms with E-state index in [4.69, 9.17) is 4.74 Å². The predicted molar refractivity (Wildman–Crippen MR) is 133 cm³/mol. The number of carbonyl (C=O) groups excluding carboxylic acids is 1. The van der Waals surface area contributed by atoms with E-state index in [1.165, 1.54) is 0 Å². The Morgan fingerprint density at radius 2 is 1.97 bits per heavy atom. The third-order valence-electron chi connectivity index (χ3n) is 5.79. The van der Waals surface area contributed by atoms with Crippen LogP contribution in [0.15, 0.2) is 85.3 Å². The lowest BCUT2D eigenvalue weighted by Crippen LogP contribution is -2.12. The first-order chi connectivity index (χ1) is 17.1. The van der Waals surface area contributed by atoms with Gasteiger partial charge in [-0.05, 0) is 47.5 Å². The van der Waals surface area contributed by atoms with Gasteiger partial charge in [-0.25, -0.2) is 4.98 Å². The molecule has 0 aliphatic rings. The number of aliphatic hydroxyl groups excluding tert-OH is 1. The summed E-state index contributed by atoms with van der Waals surface area (Å²) in [7, 11) is 1.88. The molecule has 0 bridgehead atoms. The summed E-state index contributed by atoms with van der Waals surface area (Å²) in [5.41, 5.74) is 4.38. The molecule has 0 aliphatic carbocycles. The van der Waals surface area contributed by atoms with Crippen LogP contribution in [-0.4, -0.2) is 33.8 Å². The second kappa shape index (κ2) is 11.1. The maximum Gasteiger partial charge on any atom is 0.255 e. The van der Waals surface area contributed by atoms with E-state index in [-0.39, 0.29) is 18.4 Å². The van der Waals surface area contributed by atoms with Gasteiger partial charge in [-0.3, -0.25) is 4.79 Å². The average molecular weight is 467 g/mol. The Labute approximate surface area is 204 Å². The van der Waals surface area contributed by atoms with Gasteiger partial charge in [0.25, 0.3) is 5.91 Å². The lowest BCUT2D eigenvalue weighted by atomic mass is 9.95. The van der Waals surface area contributed by atoms with Crippen LogP contribution in [0, 0.1) is 11.3 Å². The number of hydrogen-bond donors (Lipinski definition) is 2. The molecule has 1 atom stereocenters. The molecular weight excluding hydrogens is 440 g/mol. The minimum atomic E-state index is -0.280. The molecule has 4 aromatic rings. The summed E-state index contributed by atoms with van der Waals surface area (Å²) in [6, 6.07) is 24.2. The highest BCUT2D eigenvalue weighted by Crippen LogP contribution is 2.29. The van der Waals surface area contributed by atoms with Gasteiger partial charge >= 0.3 is 0 Å². The second-order valence-electron chi connectivity index (χ2n) is 8.15. The van der Waals surface area contributed by atoms with E-state index in [9.17, 15) is 15.2 Å². The van der Waals surface area contributed by atoms with Gasteiger partial charge in [-0.2, -0.15) is 5.26 Å². The second-order valence-corrected chi connectivity index (χ2v) is 8.15. The monoisotopic (exact) mass is 466 g/mol. The number of amides is 1. The first kappa shape index (κ1) is 23.7. The number of hydrogen-bond acceptors (Lipinski definition) is 5. The van der Waals surface area contributed by atoms with Crippen LogP contribution in [0.2, 0.25) is 0 Å². The van der Waals surface area contributed by atoms with E-state index in [2.05, 4.69) is 16.4 Å². The first-order valence-electron chi connectivity index (χ1n) is 11.3. The molecule has 0 radical (unpaired) electrons. The molecule has 2 N–H and O–H groups in total. The zero-order valence-electron chi connectivity index (χ0n) is 19.4. The fourth-order valence-electron chi connectivity index (χ4n) is 3.91. The third kappa shape index (κ3) is 5.75. The fraction of sp³-hybridized carbons (Fsp3) is 0.179. The van der Waals surface area contributed by atoms with Gasteiger partial charge in [0.2, 0.25) is 0 Å². The predicted octanol–water partition coefficient (Wildman–Crippen LogP) is 4.29. The number of nitriles is 1. The average Bonchev–Trinajstić information content (AvgIpc) is 3.31. The fourth-order valence-corrected chi connectivity index (χ4v) is 3.91. The number of aliphatic hydroxyl groups is 1. The Balaban J connectivity index is 1.44. The molecule has 3 aromatic carbocycles. The van der Waals surface area contributed by atoms with Crippen molar-refractivity contribution in [2.24, 2.45) is 7.05 Å². The first-order valence-corrected chi connectivity index (χ1v) is 11.3. The summed E-state index contributed by atoms with van der Waals surface area (Å²) in [6.07, 6.45) is 3.97. The molecule has 1 amide bonds. The molecule has 1 heterocycles. The summed E-state index contributed by atoms with van der Waals surface area (Å²) in [5.74, 6) is 0.00430. The molecule has 0 spiro atoms. The number of carbonyl (C=O) groups is 1. The Kier molecular flexibility index (Phi) is 7.56. The highest BCUT2D eigenvalue weighted by molar-refractivity contribution is 6.04. The Morgan fingerprint density at radius 3 is 2.69 bits per heavy atom. The number of nitrogens with zero attached hydrogens (tertiary/aromatic N) is 3. The van der Waals surface area contributed by atoms with Crippen LogP contribution in [0.5, 0.6) is 5.75 Å². The normalized spacial score (nSPS) is 11.5. The number of rotatable bonds is 9. The molecule has 0 fully saturated rings. The standard InChI is InChI=1S/C28H26N4O3/c1-32-19-30-17-26(32)25(18-33)21-10-11-23(16-29)27(15-21)35-13-12-20-6-5-7-22(14-20)28(34)31-24-8-3-2-4-9-24/h2-11,14-15,17,19,25,33H,12-13,18H2,1H3,(H,31,34). The Bertz CT molecular complexity index is 1340. The van der Waals surface area contributed by atoms with E-state index in [1.54, 1.807) is 30.7 Å². The number of aromatic nitrogens is 2. The third-order valence-corrected chi connectivity index (χ3v) is 5.79. The lowest BCUT2D eigenvalue weighted by Gasteiger charge is -2.17. The summed E-state index contributed by atoms with van der Waals surface area (Å²) in [5, 5.41) is 22.4. The molecule has 35 heavy (non-hydrogen) atoms. The van der Waals surface area contributed by atoms with Crippen molar-refractivity contribution in [1.29, 1.82) is 5.26 Å². The largest absolute Gasteiger partial charge is 0.492 e. The van der Waals surface area contributed by atoms with Gasteiger partial charge in [0, 0.05) is 42.5 Å². The minimum Gasteiger partial charge on any atom is -0.492 e. The summed E-state index contributed by atoms with van der Waals surface area (Å²) in [4.78, 5) is 16.7. The maximum absolute atomic E-state index is 12.6. The molecule has 0 saturated heterocycles. The topological polar surface area (TPSA) is 100 Å². The van der Waals surface area contributed by atoms with Crippen molar-refractivity contribution in [2.75, 3.05) is 18.5 Å². The van der Waals surface area contributed by atoms with Crippen molar-refractivity contribution < 1.29 is 14.6 Å². The molecule has 0 aliphatic heterocycles. The molecule has 4 rings (SSSR count). The van der Waals surface area contributed by atoms with Gasteiger partial charge in [0.15, 0.2) is 0 Å². The Hall–Kier alpha value is -4.41. The molecule has 1 aromatic heterocycles. The van der Waals surface area contributed by atoms with Gasteiger partial charge in [-0.15, -0.1) is 0 Å². The van der Waals surface area contributed by atoms with E-state index in [1.807, 2.05) is 66.2 Å². The molecule has 176 valence electrons. The number of anilines is 1. The van der Waals surface area contributed by atoms with Crippen molar-refractivity contribution in [3.05, 3.63) is 113 Å². The van der Waals surface area contributed by atoms with E-state index in [0.717, 1.165) is 22.5 Å². The van der Waals surface area contributed by atoms with E-state index < -0.39 is 0 Å². The molecule has 7 nitrogen and oxygen atoms in total. The maximum atomic E-state index is 12.6. The van der Waals surface area contributed by atoms with Gasteiger partial charge in [-0.1, -0.05) is 36.4 Å². The highest BCUT2D eigenvalue weighted by atomic mass is 16.5. The summed E-state index contributed by atoms with van der Waals surface area (Å²) < 4.78 is 7.85. The molecule has 0 saturated carbocycles. The zero-order chi connectivity index (χ0) is 24.6. The smallest absolute Gasteiger partial charge is 0.255 e. The SMILES string of the molecule is Cn1cncc1C(CO)c1ccc(C#N)c(OCCc2cccc(C(=O)Nc3ccccc3)c2)c1. The highest BCUT2D eigenvalue weighted by Gasteiger charge is 2.18. The Morgan fingerprint density at radius 1 is 1.14 bits per heavy atom. The number of imidazole rings is 1. The molecule has 7 heteroatoms. The molecule has 1 unspecified atom stereocenters. The number of benzene rings is 3. The van der Waals surface area contributed by atoms with Crippen molar-refractivity contribution in [1.82, 2.24) is 9.55 Å². The lowest BCUT2D eigenvalue weighted by molar-refractivity contribution is 0.102. The van der Waals surface area contributed by atoms with Gasteiger partial charge < -0.3 is 19.7 Å².